The Morgan fingerprint density at radius 2 is 1.65 bits per heavy atom. The van der Waals surface area contributed by atoms with Gasteiger partial charge in [-0.2, -0.15) is 17.6 Å². The molecule has 1 atom stereocenters. The normalized spacial score (nSPS) is 15.1. The number of hydrogen-bond acceptors (Lipinski definition) is 2. The van der Waals surface area contributed by atoms with Crippen molar-refractivity contribution in [3.8, 4) is 0 Å². The van der Waals surface area contributed by atoms with E-state index in [2.05, 4.69) is 60.3 Å². The second kappa shape index (κ2) is 19.3. The van der Waals surface area contributed by atoms with Crippen LogP contribution in [0.5, 0.6) is 0 Å². The van der Waals surface area contributed by atoms with Crippen LogP contribution in [-0.4, -0.2) is 22.6 Å². The van der Waals surface area contributed by atoms with Crippen molar-refractivity contribution < 1.29 is 25.6 Å². The first-order valence-electron chi connectivity index (χ1n) is 6.96. The summed E-state index contributed by atoms with van der Waals surface area (Å²) in [4.78, 5) is 0. The van der Waals surface area contributed by atoms with Crippen molar-refractivity contribution in [1.29, 1.82) is 0 Å². The van der Waals surface area contributed by atoms with Crippen LogP contribution in [0.15, 0.2) is 16.7 Å². The van der Waals surface area contributed by atoms with Crippen LogP contribution in [0.3, 0.4) is 0 Å². The first kappa shape index (κ1) is 35.1. The molecule has 0 aromatic carbocycles. The van der Waals surface area contributed by atoms with E-state index in [-0.39, 0.29) is 32.2 Å². The van der Waals surface area contributed by atoms with Crippen LogP contribution in [0.4, 0.5) is 0 Å². The maximum absolute atomic E-state index is 9.07. The quantitative estimate of drug-likeness (QED) is 0.460. The maximum atomic E-state index is 9.07. The molecule has 140 valence electrons. The topological polar surface area (TPSA) is 26.3 Å². The molecule has 1 rings (SSSR count). The molecule has 0 bridgehead atoms. The summed E-state index contributed by atoms with van der Waals surface area (Å²) in [6, 6.07) is 0. The third kappa shape index (κ3) is 20.9. The van der Waals surface area contributed by atoms with Crippen molar-refractivity contribution in [2.75, 3.05) is 6.61 Å². The Bertz CT molecular complexity index is 386. The van der Waals surface area contributed by atoms with Gasteiger partial charge in [0.15, 0.2) is 8.32 Å². The Hall–Kier alpha value is 0.968. The molecule has 0 heterocycles. The summed E-state index contributed by atoms with van der Waals surface area (Å²) in [5.74, 6) is 0.560. The molecule has 0 aliphatic heterocycles. The van der Waals surface area contributed by atoms with E-state index in [9.17, 15) is 0 Å². The molecule has 1 aliphatic rings. The van der Waals surface area contributed by atoms with Gasteiger partial charge in [0.25, 0.3) is 0 Å². The van der Waals surface area contributed by atoms with Crippen molar-refractivity contribution in [2.24, 2.45) is 5.92 Å². The zero-order chi connectivity index (χ0) is 16.3. The van der Waals surface area contributed by atoms with E-state index in [0.717, 1.165) is 13.0 Å². The Morgan fingerprint density at radius 3 is 1.74 bits per heavy atom. The van der Waals surface area contributed by atoms with E-state index in [1.54, 1.807) is 7.63 Å². The molecule has 2 nitrogen and oxygen atoms in total. The van der Waals surface area contributed by atoms with Gasteiger partial charge in [-0.15, -0.1) is 31.7 Å². The van der Waals surface area contributed by atoms with E-state index >= 15 is 0 Å². The number of rotatable bonds is 3. The summed E-state index contributed by atoms with van der Waals surface area (Å²) < 4.78 is 14.5. The monoisotopic (exact) mass is 433 g/mol. The van der Waals surface area contributed by atoms with Crippen LogP contribution in [-0.2, 0) is 25.6 Å². The second-order valence-corrected chi connectivity index (χ2v) is 11.9. The van der Waals surface area contributed by atoms with Gasteiger partial charge in [0.2, 0.25) is 0 Å². The van der Waals surface area contributed by atoms with Crippen molar-refractivity contribution >= 4 is 40.8 Å². The average Bonchev–Trinajstić information content (AvgIpc) is 2.55. The zero-order valence-corrected chi connectivity index (χ0v) is 21.6. The first-order valence-corrected chi connectivity index (χ1v) is 15.0. The summed E-state index contributed by atoms with van der Waals surface area (Å²) in [7, 11) is 0.325. The second-order valence-electron chi connectivity index (χ2n) is 5.76. The van der Waals surface area contributed by atoms with E-state index in [1.807, 2.05) is 0 Å². The summed E-state index contributed by atoms with van der Waals surface area (Å²) in [6.45, 7) is 19.7. The fourth-order valence-corrected chi connectivity index (χ4v) is 2.30. The number of hydrogen-bond donors (Lipinski definition) is 0. The van der Waals surface area contributed by atoms with E-state index in [1.165, 1.54) is 16.7 Å². The zero-order valence-electron chi connectivity index (χ0n) is 16.0. The standard InChI is InChI=1S/C9H13.C6H15OSi.CH3.2ClH.O.H2Si.Ti/c1-6-5-7(2)9(4)8(6)3;1-5-6-7-8(2,3)4;;;;;;/h6H,1-4H3;1,5-6H2,2-4H3;1H3;2*1H;;1H2;/q3*-1;;;;;. The van der Waals surface area contributed by atoms with Crippen LogP contribution in [0.1, 0.15) is 34.1 Å². The average molecular weight is 434 g/mol. The Balaban J connectivity index is -0.0000000726. The van der Waals surface area contributed by atoms with Crippen LogP contribution in [0.25, 0.3) is 0 Å². The number of halogens is 2. The summed E-state index contributed by atoms with van der Waals surface area (Å²) in [6.07, 6.45) is 4.25. The minimum atomic E-state index is -1.22. The Morgan fingerprint density at radius 1 is 1.26 bits per heavy atom. The molecular weight excluding hydrogens is 399 g/mol. The third-order valence-electron chi connectivity index (χ3n) is 2.92. The molecule has 23 heavy (non-hydrogen) atoms. The molecule has 0 saturated carbocycles. The molecule has 0 radical (unpaired) electrons. The van der Waals surface area contributed by atoms with Crippen LogP contribution >= 0.6 is 24.8 Å². The van der Waals surface area contributed by atoms with Gasteiger partial charge in [-0.05, 0) is 19.6 Å². The molecule has 0 N–H and O–H groups in total. The van der Waals surface area contributed by atoms with Crippen LogP contribution in [0.2, 0.25) is 19.6 Å². The molecule has 1 unspecified atom stereocenters. The Kier molecular flexibility index (Phi) is 29.5. The van der Waals surface area contributed by atoms with Crippen LogP contribution < -0.4 is 0 Å². The molecule has 0 spiro atoms. The van der Waals surface area contributed by atoms with Gasteiger partial charge in [-0.25, -0.2) is 5.57 Å². The molecule has 0 saturated heterocycles. The van der Waals surface area contributed by atoms with E-state index < -0.39 is 26.2 Å². The molecule has 0 fully saturated rings. The van der Waals surface area contributed by atoms with Gasteiger partial charge in [0.05, 0.1) is 0 Å². The molecule has 1 aliphatic carbocycles. The molecular formula is C16H35Cl2O2Si2Ti-3. The van der Waals surface area contributed by atoms with Crippen LogP contribution in [0, 0.1) is 26.3 Å². The minimum absolute atomic E-state index is 0. The molecule has 0 aromatic rings. The summed E-state index contributed by atoms with van der Waals surface area (Å²) >= 11 is -0.722. The van der Waals surface area contributed by atoms with Gasteiger partial charge in [0, 0.05) is 6.61 Å². The predicted octanol–water partition coefficient (Wildman–Crippen LogP) is 5.04. The van der Waals surface area contributed by atoms with Gasteiger partial charge in [-0.1, -0.05) is 26.7 Å². The van der Waals surface area contributed by atoms with Crippen molar-refractivity contribution in [3.05, 3.63) is 37.1 Å². The van der Waals surface area contributed by atoms with Gasteiger partial charge in [-0.3, -0.25) is 6.08 Å². The fourth-order valence-electron chi connectivity index (χ4n) is 1.54. The molecule has 7 heteroatoms. The van der Waals surface area contributed by atoms with E-state index in [0.29, 0.717) is 5.92 Å². The Labute approximate surface area is 169 Å². The third-order valence-corrected chi connectivity index (χ3v) is 3.99. The van der Waals surface area contributed by atoms with Crippen molar-refractivity contribution in [1.82, 2.24) is 0 Å². The summed E-state index contributed by atoms with van der Waals surface area (Å²) in [5.41, 5.74) is 4.25. The van der Waals surface area contributed by atoms with Gasteiger partial charge < -0.3 is 18.8 Å². The van der Waals surface area contributed by atoms with Gasteiger partial charge in [0.1, 0.15) is 0 Å². The first-order chi connectivity index (χ1) is 9.10. The van der Waals surface area contributed by atoms with Gasteiger partial charge >= 0.3 is 28.8 Å². The predicted molar refractivity (Wildman–Crippen MR) is 109 cm³/mol. The molecule has 0 amide bonds. The van der Waals surface area contributed by atoms with Crippen molar-refractivity contribution in [2.45, 2.75) is 53.8 Å². The molecule has 0 aromatic heterocycles. The number of allylic oxidation sites excluding steroid dienone is 4. The fraction of sp³-hybridized carbons (Fsp3) is 0.625. The van der Waals surface area contributed by atoms with E-state index in [4.69, 9.17) is 7.75 Å². The SMILES string of the molecule is CC1=[C-]C(C)C(C)=C1C.Cl.Cl.[CH2-]CCO[Si](C)(C)C.[CH3-].[O]=[Ti]=[SiH2]. The van der Waals surface area contributed by atoms with Crippen molar-refractivity contribution in [3.63, 3.8) is 0 Å². The summed E-state index contributed by atoms with van der Waals surface area (Å²) in [5, 5.41) is 0.